The van der Waals surface area contributed by atoms with Crippen LogP contribution in [-0.4, -0.2) is 51.7 Å². The average Bonchev–Trinajstić information content (AvgIpc) is 3.51. The van der Waals surface area contributed by atoms with Crippen LogP contribution in [-0.2, 0) is 11.2 Å². The number of fused-ring (bicyclic) bond motifs is 1. The molecule has 3 heterocycles. The minimum atomic E-state index is 0.0460. The van der Waals surface area contributed by atoms with Crippen LogP contribution in [0.5, 0.6) is 0 Å². The van der Waals surface area contributed by atoms with Crippen molar-refractivity contribution in [2.45, 2.75) is 44.1 Å². The quantitative estimate of drug-likeness (QED) is 0.640. The number of amides is 1. The van der Waals surface area contributed by atoms with Crippen molar-refractivity contribution >= 4 is 16.8 Å². The molecule has 7 heteroatoms. The summed E-state index contributed by atoms with van der Waals surface area (Å²) in [5.74, 6) is 2.00. The molecule has 3 aromatic rings. The molecule has 0 N–H and O–H groups in total. The second kappa shape index (κ2) is 7.91. The number of hydrogen-bond acceptors (Lipinski definition) is 6. The lowest BCUT2D eigenvalue weighted by Crippen LogP contribution is -2.43. The van der Waals surface area contributed by atoms with Gasteiger partial charge >= 0.3 is 0 Å². The average molecular weight is 392 g/mol. The number of pyridine rings is 1. The molecule has 1 amide bonds. The van der Waals surface area contributed by atoms with Crippen LogP contribution in [0.1, 0.15) is 53.7 Å². The fourth-order valence-electron chi connectivity index (χ4n) is 3.83. The summed E-state index contributed by atoms with van der Waals surface area (Å²) in [6.07, 6.45) is 6.65. The van der Waals surface area contributed by atoms with Crippen molar-refractivity contribution in [3.05, 3.63) is 53.8 Å². The van der Waals surface area contributed by atoms with Crippen molar-refractivity contribution in [3.8, 4) is 0 Å². The predicted molar refractivity (Wildman–Crippen MR) is 107 cm³/mol. The lowest BCUT2D eigenvalue weighted by molar-refractivity contribution is 0.00252. The number of piperidine rings is 1. The number of rotatable bonds is 6. The highest BCUT2D eigenvalue weighted by Crippen LogP contribution is 2.38. The van der Waals surface area contributed by atoms with Gasteiger partial charge in [-0.05, 0) is 49.9 Å². The summed E-state index contributed by atoms with van der Waals surface area (Å²) in [5, 5.41) is 5.01. The van der Waals surface area contributed by atoms with Crippen LogP contribution in [0, 0.1) is 0 Å². The first-order valence-electron chi connectivity index (χ1n) is 10.3. The Morgan fingerprint density at radius 3 is 3.07 bits per heavy atom. The van der Waals surface area contributed by atoms with Crippen LogP contribution < -0.4 is 0 Å². The van der Waals surface area contributed by atoms with Crippen LogP contribution in [0.25, 0.3) is 10.9 Å². The van der Waals surface area contributed by atoms with Gasteiger partial charge in [0, 0.05) is 42.6 Å². The van der Waals surface area contributed by atoms with E-state index in [4.69, 9.17) is 9.26 Å². The molecule has 1 unspecified atom stereocenters. The fourth-order valence-corrected chi connectivity index (χ4v) is 3.83. The maximum Gasteiger partial charge on any atom is 0.253 e. The Hall–Kier alpha value is -2.80. The molecule has 29 heavy (non-hydrogen) atoms. The van der Waals surface area contributed by atoms with E-state index in [1.165, 1.54) is 0 Å². The SMILES string of the molecule is O=C(c1ccc2ncccc2c1)N1CCCC(OCCc2noc(C3CC3)n2)C1. The molecule has 7 nitrogen and oxygen atoms in total. The third-order valence-electron chi connectivity index (χ3n) is 5.60. The standard InChI is InChI=1S/C22H24N4O3/c27-22(17-7-8-19-16(13-17)3-1-10-23-19)26-11-2-4-18(14-26)28-12-9-20-24-21(29-25-20)15-5-6-15/h1,3,7-8,10,13,15,18H,2,4-6,9,11-12,14H2. The molecule has 150 valence electrons. The first-order valence-corrected chi connectivity index (χ1v) is 10.3. The smallest absolute Gasteiger partial charge is 0.253 e. The van der Waals surface area contributed by atoms with Crippen LogP contribution in [0.4, 0.5) is 0 Å². The second-order valence-electron chi connectivity index (χ2n) is 7.87. The first kappa shape index (κ1) is 18.2. The molecule has 0 bridgehead atoms. The van der Waals surface area contributed by atoms with E-state index in [1.807, 2.05) is 35.2 Å². The zero-order valence-corrected chi connectivity index (χ0v) is 16.3. The summed E-state index contributed by atoms with van der Waals surface area (Å²) in [7, 11) is 0. The number of benzene rings is 1. The lowest BCUT2D eigenvalue weighted by Gasteiger charge is -2.32. The van der Waals surface area contributed by atoms with Crippen molar-refractivity contribution in [3.63, 3.8) is 0 Å². The summed E-state index contributed by atoms with van der Waals surface area (Å²) >= 11 is 0. The van der Waals surface area contributed by atoms with Crippen molar-refractivity contribution in [2.24, 2.45) is 0 Å². The molecule has 5 rings (SSSR count). The fraction of sp³-hybridized carbons (Fsp3) is 0.455. The summed E-state index contributed by atoms with van der Waals surface area (Å²) in [5.41, 5.74) is 1.60. The molecular weight excluding hydrogens is 368 g/mol. The number of carbonyl (C=O) groups is 1. The molecular formula is C22H24N4O3. The van der Waals surface area contributed by atoms with E-state index in [0.29, 0.717) is 36.9 Å². The molecule has 1 atom stereocenters. The molecule has 2 aromatic heterocycles. The number of aromatic nitrogens is 3. The third kappa shape index (κ3) is 4.15. The highest BCUT2D eigenvalue weighted by atomic mass is 16.5. The molecule has 1 saturated carbocycles. The zero-order valence-electron chi connectivity index (χ0n) is 16.3. The van der Waals surface area contributed by atoms with E-state index in [-0.39, 0.29) is 12.0 Å². The largest absolute Gasteiger partial charge is 0.376 e. The van der Waals surface area contributed by atoms with Crippen LogP contribution in [0.15, 0.2) is 41.1 Å². The molecule has 0 radical (unpaired) electrons. The first-order chi connectivity index (χ1) is 14.3. The Morgan fingerprint density at radius 1 is 1.24 bits per heavy atom. The Labute approximate surface area is 169 Å². The van der Waals surface area contributed by atoms with Crippen LogP contribution in [0.2, 0.25) is 0 Å². The minimum absolute atomic E-state index is 0.0460. The number of likely N-dealkylation sites (tertiary alicyclic amines) is 1. The normalized spacial score (nSPS) is 19.6. The van der Waals surface area contributed by atoms with Gasteiger partial charge in [0.25, 0.3) is 5.91 Å². The van der Waals surface area contributed by atoms with Gasteiger partial charge in [-0.2, -0.15) is 4.98 Å². The molecule has 1 saturated heterocycles. The van der Waals surface area contributed by atoms with E-state index in [0.717, 1.165) is 49.0 Å². The molecule has 2 aliphatic rings. The van der Waals surface area contributed by atoms with Crippen LogP contribution in [0.3, 0.4) is 0 Å². The second-order valence-corrected chi connectivity index (χ2v) is 7.87. The summed E-state index contributed by atoms with van der Waals surface area (Å²) in [4.78, 5) is 23.6. The summed E-state index contributed by atoms with van der Waals surface area (Å²) in [6, 6.07) is 9.55. The molecule has 1 aliphatic carbocycles. The highest BCUT2D eigenvalue weighted by Gasteiger charge is 2.29. The van der Waals surface area contributed by atoms with Gasteiger partial charge in [0.05, 0.1) is 18.2 Å². The predicted octanol–water partition coefficient (Wildman–Crippen LogP) is 3.36. The molecule has 1 aromatic carbocycles. The maximum atomic E-state index is 13.0. The Morgan fingerprint density at radius 2 is 2.17 bits per heavy atom. The Balaban J connectivity index is 1.16. The van der Waals surface area contributed by atoms with E-state index in [1.54, 1.807) is 6.20 Å². The maximum absolute atomic E-state index is 13.0. The zero-order chi connectivity index (χ0) is 19.6. The summed E-state index contributed by atoms with van der Waals surface area (Å²) in [6.45, 7) is 1.92. The highest BCUT2D eigenvalue weighted by molar-refractivity contribution is 5.98. The number of ether oxygens (including phenoxy) is 1. The van der Waals surface area contributed by atoms with Gasteiger partial charge in [-0.3, -0.25) is 9.78 Å². The van der Waals surface area contributed by atoms with Gasteiger partial charge in [-0.25, -0.2) is 0 Å². The van der Waals surface area contributed by atoms with Crippen molar-refractivity contribution in [2.75, 3.05) is 19.7 Å². The van der Waals surface area contributed by atoms with E-state index < -0.39 is 0 Å². The van der Waals surface area contributed by atoms with Gasteiger partial charge in [0.2, 0.25) is 5.89 Å². The van der Waals surface area contributed by atoms with E-state index in [2.05, 4.69) is 15.1 Å². The molecule has 0 spiro atoms. The number of nitrogens with zero attached hydrogens (tertiary/aromatic N) is 4. The lowest BCUT2D eigenvalue weighted by atomic mass is 10.1. The Kier molecular flexibility index (Phi) is 4.97. The van der Waals surface area contributed by atoms with Crippen molar-refractivity contribution in [1.82, 2.24) is 20.0 Å². The van der Waals surface area contributed by atoms with Gasteiger partial charge in [-0.1, -0.05) is 11.2 Å². The third-order valence-corrected chi connectivity index (χ3v) is 5.60. The topological polar surface area (TPSA) is 81.4 Å². The van der Waals surface area contributed by atoms with E-state index in [9.17, 15) is 4.79 Å². The Bertz CT molecular complexity index is 1010. The van der Waals surface area contributed by atoms with Gasteiger partial charge in [-0.15, -0.1) is 0 Å². The summed E-state index contributed by atoms with van der Waals surface area (Å²) < 4.78 is 11.3. The minimum Gasteiger partial charge on any atom is -0.376 e. The number of carbonyl (C=O) groups excluding carboxylic acids is 1. The van der Waals surface area contributed by atoms with Gasteiger partial charge in [0.1, 0.15) is 0 Å². The van der Waals surface area contributed by atoms with Crippen molar-refractivity contribution in [1.29, 1.82) is 0 Å². The monoisotopic (exact) mass is 392 g/mol. The number of hydrogen-bond donors (Lipinski definition) is 0. The van der Waals surface area contributed by atoms with Crippen LogP contribution >= 0.6 is 0 Å². The van der Waals surface area contributed by atoms with Crippen molar-refractivity contribution < 1.29 is 14.1 Å². The van der Waals surface area contributed by atoms with E-state index >= 15 is 0 Å². The van der Waals surface area contributed by atoms with Gasteiger partial charge in [0.15, 0.2) is 5.82 Å². The molecule has 2 fully saturated rings. The molecule has 1 aliphatic heterocycles. The van der Waals surface area contributed by atoms with Gasteiger partial charge < -0.3 is 14.2 Å².